The topological polar surface area (TPSA) is 134 Å². The maximum atomic E-state index is 11.8. The summed E-state index contributed by atoms with van der Waals surface area (Å²) in [7, 11) is 0. The zero-order chi connectivity index (χ0) is 17.8. The fourth-order valence-electron chi connectivity index (χ4n) is 1.85. The molecule has 0 fully saturated rings. The van der Waals surface area contributed by atoms with E-state index in [1.807, 2.05) is 0 Å². The predicted molar refractivity (Wildman–Crippen MR) is 102 cm³/mol. The number of aliphatic carboxylic acids is 1. The second-order valence-electron chi connectivity index (χ2n) is 5.99. The summed E-state index contributed by atoms with van der Waals surface area (Å²) in [5.74, 6) is -0.922. The summed E-state index contributed by atoms with van der Waals surface area (Å²) in [4.78, 5) is 34.7. The smallest absolute Gasteiger partial charge is 0.326 e. The van der Waals surface area contributed by atoms with Gasteiger partial charge in [0.25, 0.3) is 0 Å². The average molecular weight is 383 g/mol. The monoisotopic (exact) mass is 382 g/mol. The molecule has 0 aromatic carbocycles. The van der Waals surface area contributed by atoms with Crippen molar-refractivity contribution >= 4 is 30.3 Å². The number of halogens is 1. The Balaban J connectivity index is -0.00000242. The second-order valence-corrected chi connectivity index (χ2v) is 5.99. The van der Waals surface area contributed by atoms with Gasteiger partial charge in [-0.2, -0.15) is 0 Å². The second kappa shape index (κ2) is 16.0. The van der Waals surface area contributed by atoms with Crippen molar-refractivity contribution in [3.8, 4) is 0 Å². The van der Waals surface area contributed by atoms with E-state index in [0.717, 1.165) is 6.42 Å². The van der Waals surface area contributed by atoms with E-state index in [4.69, 9.17) is 10.8 Å². The van der Waals surface area contributed by atoms with E-state index in [-0.39, 0.29) is 25.7 Å². The first-order valence-corrected chi connectivity index (χ1v) is 8.05. The Morgan fingerprint density at radius 1 is 1.04 bits per heavy atom. The number of carboxylic acids is 1. The molecule has 0 saturated heterocycles. The van der Waals surface area contributed by atoms with Gasteiger partial charge in [0.1, 0.15) is 12.1 Å². The fraction of sp³-hybridized carbons (Fsp3) is 0.812. The SMILES string of the molecule is C.CC(C)CCNC(=O)[C@@H](C)NC(=O)N[C@@H](CCCCN)C(=O)O.Cl. The first-order chi connectivity index (χ1) is 10.8. The van der Waals surface area contributed by atoms with E-state index in [1.165, 1.54) is 0 Å². The van der Waals surface area contributed by atoms with Crippen molar-refractivity contribution in [3.05, 3.63) is 0 Å². The number of nitrogens with one attached hydrogen (secondary N) is 3. The Morgan fingerprint density at radius 2 is 1.64 bits per heavy atom. The summed E-state index contributed by atoms with van der Waals surface area (Å²) >= 11 is 0. The predicted octanol–water partition coefficient (Wildman–Crippen LogP) is 1.48. The van der Waals surface area contributed by atoms with Gasteiger partial charge in [-0.3, -0.25) is 4.79 Å². The molecule has 9 heteroatoms. The van der Waals surface area contributed by atoms with Gasteiger partial charge < -0.3 is 26.8 Å². The van der Waals surface area contributed by atoms with E-state index in [1.54, 1.807) is 6.92 Å². The molecule has 0 rings (SSSR count). The number of hydrogen-bond acceptors (Lipinski definition) is 4. The van der Waals surface area contributed by atoms with Crippen LogP contribution in [0.1, 0.15) is 53.9 Å². The van der Waals surface area contributed by atoms with Crippen molar-refractivity contribution < 1.29 is 19.5 Å². The molecule has 0 aliphatic heterocycles. The van der Waals surface area contributed by atoms with Crippen molar-refractivity contribution in [2.45, 2.75) is 66.0 Å². The number of hydrogen-bond donors (Lipinski definition) is 5. The molecule has 0 radical (unpaired) electrons. The molecule has 6 N–H and O–H groups in total. The molecule has 8 nitrogen and oxygen atoms in total. The molecule has 0 aromatic rings. The third kappa shape index (κ3) is 14.5. The number of carboxylic acid groups (broad SMARTS) is 1. The van der Waals surface area contributed by atoms with Crippen LogP contribution in [0, 0.1) is 5.92 Å². The lowest BCUT2D eigenvalue weighted by molar-refractivity contribution is -0.139. The van der Waals surface area contributed by atoms with E-state index >= 15 is 0 Å². The van der Waals surface area contributed by atoms with Crippen LogP contribution in [0.3, 0.4) is 0 Å². The molecule has 0 aromatic heterocycles. The molecular weight excluding hydrogens is 348 g/mol. The number of carbonyl (C=O) groups excluding carboxylic acids is 2. The summed E-state index contributed by atoms with van der Waals surface area (Å²) in [6.07, 6.45) is 2.46. The van der Waals surface area contributed by atoms with Crippen LogP contribution in [0.2, 0.25) is 0 Å². The minimum Gasteiger partial charge on any atom is -0.480 e. The first-order valence-electron chi connectivity index (χ1n) is 8.05. The number of urea groups is 1. The Labute approximate surface area is 157 Å². The number of carbonyl (C=O) groups is 3. The van der Waals surface area contributed by atoms with Gasteiger partial charge in [-0.15, -0.1) is 12.4 Å². The molecule has 0 heterocycles. The molecule has 0 aliphatic rings. The average Bonchev–Trinajstić information content (AvgIpc) is 2.45. The quantitative estimate of drug-likeness (QED) is 0.345. The van der Waals surface area contributed by atoms with Gasteiger partial charge in [-0.1, -0.05) is 21.3 Å². The highest BCUT2D eigenvalue weighted by Crippen LogP contribution is 2.01. The first kappa shape index (κ1) is 28.3. The number of unbranched alkanes of at least 4 members (excludes halogenated alkanes) is 1. The van der Waals surface area contributed by atoms with Gasteiger partial charge in [0, 0.05) is 6.54 Å². The molecule has 0 saturated carbocycles. The number of amides is 3. The van der Waals surface area contributed by atoms with E-state index < -0.39 is 24.1 Å². The van der Waals surface area contributed by atoms with Crippen LogP contribution < -0.4 is 21.7 Å². The lowest BCUT2D eigenvalue weighted by atomic mass is 10.1. The molecule has 0 aliphatic carbocycles. The van der Waals surface area contributed by atoms with Crippen LogP contribution in [-0.2, 0) is 9.59 Å². The summed E-state index contributed by atoms with van der Waals surface area (Å²) in [6.45, 7) is 6.68. The lowest BCUT2D eigenvalue weighted by Crippen LogP contribution is -2.52. The lowest BCUT2D eigenvalue weighted by Gasteiger charge is -2.18. The summed E-state index contributed by atoms with van der Waals surface area (Å²) in [5.41, 5.74) is 5.36. The maximum absolute atomic E-state index is 11.8. The highest BCUT2D eigenvalue weighted by Gasteiger charge is 2.21. The highest BCUT2D eigenvalue weighted by molar-refractivity contribution is 5.88. The zero-order valence-corrected chi connectivity index (χ0v) is 15.4. The van der Waals surface area contributed by atoms with Crippen molar-refractivity contribution in [2.24, 2.45) is 11.7 Å². The maximum Gasteiger partial charge on any atom is 0.326 e. The van der Waals surface area contributed by atoms with E-state index in [0.29, 0.717) is 38.3 Å². The molecule has 150 valence electrons. The Kier molecular flexibility index (Phi) is 18.0. The summed E-state index contributed by atoms with van der Waals surface area (Å²) in [6, 6.07) is -2.39. The third-order valence-electron chi connectivity index (χ3n) is 3.31. The largest absolute Gasteiger partial charge is 0.480 e. The molecule has 25 heavy (non-hydrogen) atoms. The molecule has 2 atom stereocenters. The van der Waals surface area contributed by atoms with Crippen molar-refractivity contribution in [1.82, 2.24) is 16.0 Å². The highest BCUT2D eigenvalue weighted by atomic mass is 35.5. The van der Waals surface area contributed by atoms with Gasteiger partial charge in [-0.05, 0) is 45.1 Å². The van der Waals surface area contributed by atoms with Gasteiger partial charge in [0.15, 0.2) is 0 Å². The van der Waals surface area contributed by atoms with Crippen LogP contribution >= 0.6 is 12.4 Å². The Hall–Kier alpha value is -1.54. The van der Waals surface area contributed by atoms with E-state index in [2.05, 4.69) is 29.8 Å². The van der Waals surface area contributed by atoms with Gasteiger partial charge in [0.05, 0.1) is 0 Å². The minimum absolute atomic E-state index is 0. The molecule has 0 bridgehead atoms. The van der Waals surface area contributed by atoms with Gasteiger partial charge >= 0.3 is 12.0 Å². The number of rotatable bonds is 11. The molecule has 0 unspecified atom stereocenters. The van der Waals surface area contributed by atoms with Crippen LogP contribution in [0.25, 0.3) is 0 Å². The summed E-state index contributed by atoms with van der Waals surface area (Å²) < 4.78 is 0. The Morgan fingerprint density at radius 3 is 2.12 bits per heavy atom. The van der Waals surface area contributed by atoms with Crippen LogP contribution in [0.15, 0.2) is 0 Å². The van der Waals surface area contributed by atoms with Crippen molar-refractivity contribution in [2.75, 3.05) is 13.1 Å². The molecule has 3 amide bonds. The van der Waals surface area contributed by atoms with Crippen molar-refractivity contribution in [1.29, 1.82) is 0 Å². The zero-order valence-electron chi connectivity index (χ0n) is 14.6. The van der Waals surface area contributed by atoms with Crippen LogP contribution in [-0.4, -0.2) is 48.2 Å². The van der Waals surface area contributed by atoms with Crippen LogP contribution in [0.5, 0.6) is 0 Å². The van der Waals surface area contributed by atoms with E-state index in [9.17, 15) is 14.4 Å². The van der Waals surface area contributed by atoms with Gasteiger partial charge in [0.2, 0.25) is 5.91 Å². The van der Waals surface area contributed by atoms with Crippen LogP contribution in [0.4, 0.5) is 4.79 Å². The third-order valence-corrected chi connectivity index (χ3v) is 3.31. The van der Waals surface area contributed by atoms with Crippen molar-refractivity contribution in [3.63, 3.8) is 0 Å². The molecule has 0 spiro atoms. The number of nitrogens with two attached hydrogens (primary N) is 1. The Bertz CT molecular complexity index is 394. The molecular formula is C16H35ClN4O4. The minimum atomic E-state index is -1.11. The summed E-state index contributed by atoms with van der Waals surface area (Å²) in [5, 5.41) is 16.6. The normalized spacial score (nSPS) is 12.2. The standard InChI is InChI=1S/C15H30N4O4.CH4.ClH/c1-10(2)7-9-17-13(20)11(3)18-15(23)19-12(14(21)22)6-4-5-8-16;;/h10-12H,4-9,16H2,1-3H3,(H,17,20)(H,21,22)(H2,18,19,23);1H4;1H/t11-,12+;;/m1../s1. The fourth-order valence-corrected chi connectivity index (χ4v) is 1.85. The van der Waals surface area contributed by atoms with Gasteiger partial charge in [-0.25, -0.2) is 9.59 Å².